The summed E-state index contributed by atoms with van der Waals surface area (Å²) in [6.07, 6.45) is 15.6. The normalized spacial score (nSPS) is 11.5. The SMILES string of the molecule is CN(C)CCCCCCCCCCCCCCOC(=O)c1ccc2cc3ccccc3cc2c1. The molecule has 184 valence electrons. The van der Waals surface area contributed by atoms with Crippen molar-refractivity contribution < 1.29 is 9.53 Å². The molecule has 0 aromatic heterocycles. The third-order valence-corrected chi connectivity index (χ3v) is 6.67. The highest BCUT2D eigenvalue weighted by Crippen LogP contribution is 2.24. The molecule has 0 saturated heterocycles. The standard InChI is InChI=1S/C31H43NO2/c1-32(2)21-15-11-9-7-5-3-4-6-8-10-12-16-22-34-31(33)29-20-19-28-23-26-17-13-14-18-27(26)24-30(28)25-29/h13-14,17-20,23-25H,3-12,15-16,21-22H2,1-2H3. The van der Waals surface area contributed by atoms with Gasteiger partial charge in [0.15, 0.2) is 0 Å². The van der Waals surface area contributed by atoms with Crippen LogP contribution in [0.3, 0.4) is 0 Å². The first-order chi connectivity index (χ1) is 16.6. The Hall–Kier alpha value is -2.39. The van der Waals surface area contributed by atoms with Gasteiger partial charge >= 0.3 is 5.97 Å². The van der Waals surface area contributed by atoms with E-state index in [0.29, 0.717) is 12.2 Å². The van der Waals surface area contributed by atoms with E-state index in [-0.39, 0.29) is 5.97 Å². The number of hydrogen-bond acceptors (Lipinski definition) is 3. The highest BCUT2D eigenvalue weighted by atomic mass is 16.5. The minimum Gasteiger partial charge on any atom is -0.462 e. The smallest absolute Gasteiger partial charge is 0.338 e. The molecular weight excluding hydrogens is 418 g/mol. The average molecular weight is 462 g/mol. The van der Waals surface area contributed by atoms with Gasteiger partial charge < -0.3 is 9.64 Å². The molecule has 0 atom stereocenters. The molecule has 0 fully saturated rings. The first-order valence-corrected chi connectivity index (χ1v) is 13.4. The minimum atomic E-state index is -0.211. The lowest BCUT2D eigenvalue weighted by atomic mass is 10.0. The van der Waals surface area contributed by atoms with Gasteiger partial charge in [-0.3, -0.25) is 0 Å². The first kappa shape index (κ1) is 26.2. The van der Waals surface area contributed by atoms with E-state index in [1.54, 1.807) is 0 Å². The summed E-state index contributed by atoms with van der Waals surface area (Å²) >= 11 is 0. The quantitative estimate of drug-likeness (QED) is 0.122. The molecule has 3 nitrogen and oxygen atoms in total. The Bertz CT molecular complexity index is 1010. The minimum absolute atomic E-state index is 0.211. The van der Waals surface area contributed by atoms with Crippen LogP contribution in [0.15, 0.2) is 54.6 Å². The van der Waals surface area contributed by atoms with Crippen LogP contribution >= 0.6 is 0 Å². The summed E-state index contributed by atoms with van der Waals surface area (Å²) in [6, 6.07) is 18.5. The molecule has 3 rings (SSSR count). The Morgan fingerprint density at radius 1 is 0.618 bits per heavy atom. The first-order valence-electron chi connectivity index (χ1n) is 13.4. The number of esters is 1. The third-order valence-electron chi connectivity index (χ3n) is 6.67. The van der Waals surface area contributed by atoms with Crippen molar-refractivity contribution in [3.63, 3.8) is 0 Å². The molecule has 0 saturated carbocycles. The molecule has 0 aliphatic rings. The zero-order chi connectivity index (χ0) is 24.0. The van der Waals surface area contributed by atoms with Gasteiger partial charge in [0.1, 0.15) is 0 Å². The lowest BCUT2D eigenvalue weighted by molar-refractivity contribution is 0.0498. The number of ether oxygens (including phenoxy) is 1. The van der Waals surface area contributed by atoms with Crippen molar-refractivity contribution in [2.75, 3.05) is 27.2 Å². The fraction of sp³-hybridized carbons (Fsp3) is 0.516. The predicted molar refractivity (Wildman–Crippen MR) is 146 cm³/mol. The molecule has 0 radical (unpaired) electrons. The summed E-state index contributed by atoms with van der Waals surface area (Å²) in [5.41, 5.74) is 0.639. The molecule has 0 aliphatic carbocycles. The second-order valence-electron chi connectivity index (χ2n) is 9.94. The van der Waals surface area contributed by atoms with Gasteiger partial charge in [0.05, 0.1) is 12.2 Å². The summed E-state index contributed by atoms with van der Waals surface area (Å²) in [5.74, 6) is -0.211. The van der Waals surface area contributed by atoms with Gasteiger partial charge in [-0.1, -0.05) is 94.5 Å². The lowest BCUT2D eigenvalue weighted by Gasteiger charge is -2.08. The van der Waals surface area contributed by atoms with E-state index < -0.39 is 0 Å². The number of nitrogens with zero attached hydrogens (tertiary/aromatic N) is 1. The molecule has 0 spiro atoms. The molecule has 0 bridgehead atoms. The maximum absolute atomic E-state index is 12.5. The van der Waals surface area contributed by atoms with Crippen LogP contribution in [0.25, 0.3) is 21.5 Å². The summed E-state index contributed by atoms with van der Waals surface area (Å²) in [5, 5.41) is 4.64. The van der Waals surface area contributed by atoms with E-state index in [0.717, 1.165) is 23.6 Å². The van der Waals surface area contributed by atoms with Crippen molar-refractivity contribution in [2.45, 2.75) is 77.0 Å². The Labute approximate surface area is 206 Å². The van der Waals surface area contributed by atoms with E-state index in [1.165, 1.54) is 81.5 Å². The molecule has 0 unspecified atom stereocenters. The van der Waals surface area contributed by atoms with Gasteiger partial charge in [-0.25, -0.2) is 4.79 Å². The van der Waals surface area contributed by atoms with Crippen molar-refractivity contribution in [1.82, 2.24) is 4.90 Å². The second-order valence-corrected chi connectivity index (χ2v) is 9.94. The highest BCUT2D eigenvalue weighted by molar-refractivity contribution is 6.01. The van der Waals surface area contributed by atoms with Crippen molar-refractivity contribution in [1.29, 1.82) is 0 Å². The maximum Gasteiger partial charge on any atom is 0.338 e. The van der Waals surface area contributed by atoms with Crippen molar-refractivity contribution in [3.05, 3.63) is 60.2 Å². The van der Waals surface area contributed by atoms with Crippen LogP contribution in [0, 0.1) is 0 Å². The van der Waals surface area contributed by atoms with Crippen LogP contribution < -0.4 is 0 Å². The Kier molecular flexibility index (Phi) is 11.4. The monoisotopic (exact) mass is 461 g/mol. The van der Waals surface area contributed by atoms with Gasteiger partial charge in [-0.05, 0) is 79.3 Å². The summed E-state index contributed by atoms with van der Waals surface area (Å²) in [6.45, 7) is 1.74. The van der Waals surface area contributed by atoms with Crippen molar-refractivity contribution in [3.8, 4) is 0 Å². The summed E-state index contributed by atoms with van der Waals surface area (Å²) < 4.78 is 5.54. The number of carbonyl (C=O) groups is 1. The topological polar surface area (TPSA) is 29.5 Å². The Morgan fingerprint density at radius 3 is 1.71 bits per heavy atom. The number of benzene rings is 3. The summed E-state index contributed by atoms with van der Waals surface area (Å²) in [4.78, 5) is 14.7. The molecule has 0 N–H and O–H groups in total. The molecule has 0 aliphatic heterocycles. The predicted octanol–water partition coefficient (Wildman–Crippen LogP) is 8.39. The number of rotatable bonds is 16. The molecule has 0 amide bonds. The van der Waals surface area contributed by atoms with Crippen LogP contribution in [0.1, 0.15) is 87.4 Å². The molecular formula is C31H43NO2. The second kappa shape index (κ2) is 14.8. The van der Waals surface area contributed by atoms with Gasteiger partial charge in [-0.15, -0.1) is 0 Å². The van der Waals surface area contributed by atoms with Gasteiger partial charge in [0, 0.05) is 0 Å². The van der Waals surface area contributed by atoms with E-state index in [9.17, 15) is 4.79 Å². The number of unbranched alkanes of at least 4 members (excludes halogenated alkanes) is 11. The molecule has 0 heterocycles. The zero-order valence-electron chi connectivity index (χ0n) is 21.4. The van der Waals surface area contributed by atoms with Crippen LogP contribution in [0.2, 0.25) is 0 Å². The largest absolute Gasteiger partial charge is 0.462 e. The summed E-state index contributed by atoms with van der Waals surface area (Å²) in [7, 11) is 4.31. The number of fused-ring (bicyclic) bond motifs is 2. The number of hydrogen-bond donors (Lipinski definition) is 0. The van der Waals surface area contributed by atoms with Crippen LogP contribution in [-0.2, 0) is 4.74 Å². The lowest BCUT2D eigenvalue weighted by Crippen LogP contribution is -2.12. The third kappa shape index (κ3) is 9.10. The van der Waals surface area contributed by atoms with Crippen molar-refractivity contribution >= 4 is 27.5 Å². The van der Waals surface area contributed by atoms with Gasteiger partial charge in [0.25, 0.3) is 0 Å². The molecule has 34 heavy (non-hydrogen) atoms. The number of carbonyl (C=O) groups excluding carboxylic acids is 1. The average Bonchev–Trinajstić information content (AvgIpc) is 2.84. The van der Waals surface area contributed by atoms with Crippen molar-refractivity contribution in [2.24, 2.45) is 0 Å². The van der Waals surface area contributed by atoms with E-state index >= 15 is 0 Å². The Morgan fingerprint density at radius 2 is 1.12 bits per heavy atom. The Balaban J connectivity index is 1.22. The van der Waals surface area contributed by atoms with Gasteiger partial charge in [-0.2, -0.15) is 0 Å². The fourth-order valence-corrected chi connectivity index (χ4v) is 4.61. The van der Waals surface area contributed by atoms with Crippen LogP contribution in [0.4, 0.5) is 0 Å². The van der Waals surface area contributed by atoms with E-state index in [1.807, 2.05) is 24.3 Å². The molecule has 3 aromatic carbocycles. The zero-order valence-corrected chi connectivity index (χ0v) is 21.4. The van der Waals surface area contributed by atoms with E-state index in [2.05, 4.69) is 49.3 Å². The van der Waals surface area contributed by atoms with Crippen LogP contribution in [0.5, 0.6) is 0 Å². The fourth-order valence-electron chi connectivity index (χ4n) is 4.61. The van der Waals surface area contributed by atoms with E-state index in [4.69, 9.17) is 4.74 Å². The molecule has 3 heteroatoms. The highest BCUT2D eigenvalue weighted by Gasteiger charge is 2.08. The maximum atomic E-state index is 12.5. The molecule has 3 aromatic rings. The van der Waals surface area contributed by atoms with Crippen LogP contribution in [-0.4, -0.2) is 38.1 Å². The van der Waals surface area contributed by atoms with Gasteiger partial charge in [0.2, 0.25) is 0 Å².